The van der Waals surface area contributed by atoms with Gasteiger partial charge in [0.2, 0.25) is 0 Å². The number of carbonyl (C=O) groups is 1. The normalized spacial score (nSPS) is 13.0. The zero-order chi connectivity index (χ0) is 16.3. The van der Waals surface area contributed by atoms with E-state index in [0.717, 1.165) is 5.76 Å². The van der Waals surface area contributed by atoms with Crippen LogP contribution in [0.2, 0.25) is 0 Å². The molecule has 2 aromatic rings. The largest absolute Gasteiger partial charge is 0.464 e. The number of benzene rings is 1. The van der Waals surface area contributed by atoms with Gasteiger partial charge in [-0.15, -0.1) is 0 Å². The Morgan fingerprint density at radius 2 is 1.82 bits per heavy atom. The van der Waals surface area contributed by atoms with Crippen LogP contribution in [0.3, 0.4) is 0 Å². The molecule has 2 rings (SSSR count). The van der Waals surface area contributed by atoms with Gasteiger partial charge >= 0.3 is 0 Å². The van der Waals surface area contributed by atoms with E-state index in [4.69, 9.17) is 4.42 Å². The van der Waals surface area contributed by atoms with E-state index < -0.39 is 6.10 Å². The van der Waals surface area contributed by atoms with Gasteiger partial charge in [0.15, 0.2) is 0 Å². The highest BCUT2D eigenvalue weighted by Crippen LogP contribution is 2.22. The second kappa shape index (κ2) is 6.36. The molecule has 0 fully saturated rings. The van der Waals surface area contributed by atoms with Gasteiger partial charge in [-0.3, -0.25) is 4.79 Å². The number of nitrogens with one attached hydrogen (secondary N) is 1. The summed E-state index contributed by atoms with van der Waals surface area (Å²) < 4.78 is 5.34. The Balaban J connectivity index is 1.95. The molecule has 22 heavy (non-hydrogen) atoms. The fraction of sp³-hybridized carbons (Fsp3) is 0.389. The van der Waals surface area contributed by atoms with Crippen LogP contribution in [0.4, 0.5) is 0 Å². The van der Waals surface area contributed by atoms with Crippen LogP contribution in [0.25, 0.3) is 0 Å². The molecule has 0 aliphatic carbocycles. The van der Waals surface area contributed by atoms with Crippen molar-refractivity contribution in [2.75, 3.05) is 6.54 Å². The summed E-state index contributed by atoms with van der Waals surface area (Å²) in [5.74, 6) is 0.988. The summed E-state index contributed by atoms with van der Waals surface area (Å²) in [7, 11) is 0. The lowest BCUT2D eigenvalue weighted by Crippen LogP contribution is -2.28. The summed E-state index contributed by atoms with van der Waals surface area (Å²) in [6, 6.07) is 11.0. The van der Waals surface area contributed by atoms with Crippen molar-refractivity contribution in [3.8, 4) is 0 Å². The lowest BCUT2D eigenvalue weighted by atomic mass is 9.87. The summed E-state index contributed by atoms with van der Waals surface area (Å²) in [6.45, 7) is 8.32. The lowest BCUT2D eigenvalue weighted by molar-refractivity contribution is 0.0900. The topological polar surface area (TPSA) is 62.5 Å². The zero-order valence-corrected chi connectivity index (χ0v) is 13.5. The van der Waals surface area contributed by atoms with Crippen molar-refractivity contribution in [1.29, 1.82) is 0 Å². The highest BCUT2D eigenvalue weighted by molar-refractivity contribution is 5.94. The van der Waals surface area contributed by atoms with Crippen molar-refractivity contribution in [2.24, 2.45) is 0 Å². The molecule has 118 valence electrons. The third kappa shape index (κ3) is 3.98. The van der Waals surface area contributed by atoms with Crippen molar-refractivity contribution in [2.45, 2.75) is 39.2 Å². The van der Waals surface area contributed by atoms with Gasteiger partial charge in [0.25, 0.3) is 5.91 Å². The molecule has 0 bridgehead atoms. The lowest BCUT2D eigenvalue weighted by Gasteiger charge is -2.19. The Labute approximate surface area is 131 Å². The van der Waals surface area contributed by atoms with Gasteiger partial charge in [-0.05, 0) is 42.2 Å². The van der Waals surface area contributed by atoms with Crippen LogP contribution in [0, 0.1) is 6.92 Å². The molecule has 1 amide bonds. The molecule has 0 aliphatic rings. The summed E-state index contributed by atoms with van der Waals surface area (Å²) in [5, 5.41) is 12.7. The van der Waals surface area contributed by atoms with E-state index in [1.165, 1.54) is 5.56 Å². The van der Waals surface area contributed by atoms with Crippen LogP contribution in [-0.2, 0) is 5.41 Å². The second-order valence-electron chi connectivity index (χ2n) is 6.50. The second-order valence-corrected chi connectivity index (χ2v) is 6.50. The maximum absolute atomic E-state index is 12.1. The quantitative estimate of drug-likeness (QED) is 0.910. The highest BCUT2D eigenvalue weighted by Gasteiger charge is 2.16. The number of rotatable bonds is 4. The van der Waals surface area contributed by atoms with E-state index in [1.807, 2.05) is 19.1 Å². The molecule has 1 unspecified atom stereocenters. The molecule has 0 aliphatic heterocycles. The monoisotopic (exact) mass is 301 g/mol. The van der Waals surface area contributed by atoms with Crippen LogP contribution >= 0.6 is 0 Å². The third-order valence-electron chi connectivity index (χ3n) is 3.56. The van der Waals surface area contributed by atoms with Gasteiger partial charge in [0.05, 0.1) is 6.54 Å². The van der Waals surface area contributed by atoms with E-state index in [-0.39, 0.29) is 17.9 Å². The number of amides is 1. The number of furan rings is 1. The SMILES string of the molecule is Cc1ccc(C(O)CNC(=O)c2ccc(C(C)(C)C)cc2)o1. The van der Waals surface area contributed by atoms with Crippen LogP contribution in [0.1, 0.15) is 54.3 Å². The number of aliphatic hydroxyl groups is 1. The van der Waals surface area contributed by atoms with E-state index in [1.54, 1.807) is 24.3 Å². The molecular weight excluding hydrogens is 278 g/mol. The molecule has 1 aromatic heterocycles. The zero-order valence-electron chi connectivity index (χ0n) is 13.5. The van der Waals surface area contributed by atoms with Gasteiger partial charge < -0.3 is 14.8 Å². The molecule has 4 nitrogen and oxygen atoms in total. The van der Waals surface area contributed by atoms with E-state index >= 15 is 0 Å². The molecule has 1 heterocycles. The Hall–Kier alpha value is -2.07. The van der Waals surface area contributed by atoms with Crippen LogP contribution in [0.5, 0.6) is 0 Å². The minimum absolute atomic E-state index is 0.0579. The molecule has 1 atom stereocenters. The summed E-state index contributed by atoms with van der Waals surface area (Å²) in [6.07, 6.45) is -0.841. The first-order valence-electron chi connectivity index (χ1n) is 7.40. The Morgan fingerprint density at radius 1 is 1.18 bits per heavy atom. The predicted octanol–water partition coefficient (Wildman–Crippen LogP) is 3.35. The predicted molar refractivity (Wildman–Crippen MR) is 85.9 cm³/mol. The molecule has 4 heteroatoms. The van der Waals surface area contributed by atoms with Crippen LogP contribution in [0.15, 0.2) is 40.8 Å². The molecule has 0 spiro atoms. The van der Waals surface area contributed by atoms with Crippen molar-refractivity contribution >= 4 is 5.91 Å². The molecule has 0 saturated heterocycles. The van der Waals surface area contributed by atoms with Crippen LogP contribution < -0.4 is 5.32 Å². The molecule has 0 radical (unpaired) electrons. The minimum Gasteiger partial charge on any atom is -0.464 e. The molecular formula is C18H23NO3. The van der Waals surface area contributed by atoms with Gasteiger partial charge in [-0.1, -0.05) is 32.9 Å². The van der Waals surface area contributed by atoms with E-state index in [2.05, 4.69) is 26.1 Å². The van der Waals surface area contributed by atoms with Crippen molar-refractivity contribution in [3.05, 3.63) is 59.0 Å². The fourth-order valence-corrected chi connectivity index (χ4v) is 2.15. The number of hydrogen-bond donors (Lipinski definition) is 2. The van der Waals surface area contributed by atoms with Crippen molar-refractivity contribution in [1.82, 2.24) is 5.32 Å². The number of aryl methyl sites for hydroxylation is 1. The minimum atomic E-state index is -0.841. The summed E-state index contributed by atoms with van der Waals surface area (Å²) in [5.41, 5.74) is 1.81. The van der Waals surface area contributed by atoms with Gasteiger partial charge in [-0.25, -0.2) is 0 Å². The number of aliphatic hydroxyl groups excluding tert-OH is 1. The Bertz CT molecular complexity index is 635. The van der Waals surface area contributed by atoms with Gasteiger partial charge in [0, 0.05) is 5.56 Å². The molecule has 0 saturated carbocycles. The first kappa shape index (κ1) is 16.3. The number of hydrogen-bond acceptors (Lipinski definition) is 3. The fourth-order valence-electron chi connectivity index (χ4n) is 2.15. The maximum Gasteiger partial charge on any atom is 0.251 e. The first-order chi connectivity index (χ1) is 10.3. The summed E-state index contributed by atoms with van der Waals surface area (Å²) >= 11 is 0. The number of carbonyl (C=O) groups excluding carboxylic acids is 1. The van der Waals surface area contributed by atoms with Gasteiger partial charge in [0.1, 0.15) is 17.6 Å². The average molecular weight is 301 g/mol. The van der Waals surface area contributed by atoms with Gasteiger partial charge in [-0.2, -0.15) is 0 Å². The third-order valence-corrected chi connectivity index (χ3v) is 3.56. The highest BCUT2D eigenvalue weighted by atomic mass is 16.4. The van der Waals surface area contributed by atoms with Crippen LogP contribution in [-0.4, -0.2) is 17.6 Å². The standard InChI is InChI=1S/C18H23NO3/c1-12-5-10-16(22-12)15(20)11-19-17(21)13-6-8-14(9-7-13)18(2,3)4/h5-10,15,20H,11H2,1-4H3,(H,19,21). The average Bonchev–Trinajstić information content (AvgIpc) is 2.90. The summed E-state index contributed by atoms with van der Waals surface area (Å²) in [4.78, 5) is 12.1. The Kier molecular flexibility index (Phi) is 4.71. The molecule has 1 aromatic carbocycles. The van der Waals surface area contributed by atoms with E-state index in [9.17, 15) is 9.90 Å². The smallest absolute Gasteiger partial charge is 0.251 e. The maximum atomic E-state index is 12.1. The molecule has 2 N–H and O–H groups in total. The van der Waals surface area contributed by atoms with Crippen molar-refractivity contribution in [3.63, 3.8) is 0 Å². The van der Waals surface area contributed by atoms with E-state index in [0.29, 0.717) is 11.3 Å². The Morgan fingerprint density at radius 3 is 2.32 bits per heavy atom. The first-order valence-corrected chi connectivity index (χ1v) is 7.40. The van der Waals surface area contributed by atoms with Crippen molar-refractivity contribution < 1.29 is 14.3 Å².